The van der Waals surface area contributed by atoms with Crippen LogP contribution >= 0.6 is 0 Å². The molecule has 10 nitrogen and oxygen atoms in total. The molecule has 212 valence electrons. The van der Waals surface area contributed by atoms with Crippen LogP contribution < -0.4 is 0 Å². The van der Waals surface area contributed by atoms with Crippen molar-refractivity contribution in [3.05, 3.63) is 47.0 Å². The Hall–Kier alpha value is -2.63. The normalized spacial score (nSPS) is 42.7. The number of hydrogen-bond donors (Lipinski definition) is 4. The van der Waals surface area contributed by atoms with Crippen LogP contribution in [0.2, 0.25) is 0 Å². The van der Waals surface area contributed by atoms with E-state index in [1.807, 2.05) is 0 Å². The number of carbonyl (C=O) groups is 3. The average molecular weight is 545 g/mol. The monoisotopic (exact) mass is 544 g/mol. The summed E-state index contributed by atoms with van der Waals surface area (Å²) in [4.78, 5) is 39.6. The molecule has 2 saturated carbocycles. The Morgan fingerprint density at radius 2 is 1.69 bits per heavy atom. The third-order valence-electron chi connectivity index (χ3n) is 9.87. The molecule has 5 rings (SSSR count). The van der Waals surface area contributed by atoms with Crippen molar-refractivity contribution in [2.45, 2.75) is 89.9 Å². The van der Waals surface area contributed by atoms with Gasteiger partial charge in [-0.05, 0) is 37.1 Å². The van der Waals surface area contributed by atoms with E-state index in [0.717, 1.165) is 0 Å². The summed E-state index contributed by atoms with van der Waals surface area (Å²) in [6.07, 6.45) is -7.83. The van der Waals surface area contributed by atoms with Gasteiger partial charge in [0.05, 0.1) is 35.2 Å². The lowest BCUT2D eigenvalue weighted by atomic mass is 9.45. The summed E-state index contributed by atoms with van der Waals surface area (Å²) in [6, 6.07) is 8.14. The van der Waals surface area contributed by atoms with E-state index in [2.05, 4.69) is 0 Å². The second kappa shape index (κ2) is 9.21. The fourth-order valence-electron chi connectivity index (χ4n) is 7.54. The molecule has 0 aromatic heterocycles. The Morgan fingerprint density at radius 1 is 1.05 bits per heavy atom. The summed E-state index contributed by atoms with van der Waals surface area (Å²) in [7, 11) is 0. The second-order valence-electron chi connectivity index (χ2n) is 12.1. The van der Waals surface area contributed by atoms with Gasteiger partial charge >= 0.3 is 11.9 Å². The van der Waals surface area contributed by atoms with Gasteiger partial charge in [0.25, 0.3) is 0 Å². The quantitative estimate of drug-likeness (QED) is 0.322. The molecule has 4 N–H and O–H groups in total. The highest BCUT2D eigenvalue weighted by Gasteiger charge is 2.73. The van der Waals surface area contributed by atoms with E-state index in [9.17, 15) is 34.8 Å². The van der Waals surface area contributed by atoms with Crippen LogP contribution in [0.1, 0.15) is 57.8 Å². The van der Waals surface area contributed by atoms with Crippen molar-refractivity contribution in [3.8, 4) is 0 Å². The first-order valence-electron chi connectivity index (χ1n) is 13.3. The van der Waals surface area contributed by atoms with E-state index in [0.29, 0.717) is 5.57 Å². The molecule has 1 aromatic carbocycles. The summed E-state index contributed by atoms with van der Waals surface area (Å²) in [5.74, 6) is -4.03. The van der Waals surface area contributed by atoms with Crippen molar-refractivity contribution in [2.24, 2.45) is 22.7 Å². The van der Waals surface area contributed by atoms with Crippen molar-refractivity contribution < 1.29 is 49.0 Å². The van der Waals surface area contributed by atoms with Crippen LogP contribution in [-0.4, -0.2) is 80.6 Å². The number of carbonyl (C=O) groups excluding carboxylic acids is 3. The summed E-state index contributed by atoms with van der Waals surface area (Å²) < 4.78 is 17.3. The molecule has 10 heteroatoms. The van der Waals surface area contributed by atoms with Crippen LogP contribution in [0.4, 0.5) is 0 Å². The maximum atomic E-state index is 14.2. The van der Waals surface area contributed by atoms with Crippen molar-refractivity contribution in [3.63, 3.8) is 0 Å². The molecule has 1 heterocycles. The number of fused-ring (bicyclic) bond motifs is 5. The maximum Gasteiger partial charge on any atom is 0.338 e. The number of ketones is 1. The number of aliphatic hydroxyl groups excluding tert-OH is 3. The third kappa shape index (κ3) is 3.83. The first-order valence-corrected chi connectivity index (χ1v) is 13.3. The van der Waals surface area contributed by atoms with Crippen molar-refractivity contribution in [1.29, 1.82) is 0 Å². The highest BCUT2D eigenvalue weighted by atomic mass is 16.7. The van der Waals surface area contributed by atoms with Crippen molar-refractivity contribution >= 4 is 17.7 Å². The molecule has 2 bridgehead atoms. The van der Waals surface area contributed by atoms with E-state index in [-0.39, 0.29) is 24.0 Å². The molecule has 0 spiro atoms. The molecule has 39 heavy (non-hydrogen) atoms. The van der Waals surface area contributed by atoms with Crippen LogP contribution in [0.25, 0.3) is 0 Å². The van der Waals surface area contributed by atoms with E-state index < -0.39 is 82.8 Å². The number of Topliss-reactive ketones (excluding diaryl/α,β-unsaturated/α-hetero) is 1. The number of esters is 2. The predicted molar refractivity (Wildman–Crippen MR) is 135 cm³/mol. The van der Waals surface area contributed by atoms with Gasteiger partial charge in [0.15, 0.2) is 5.78 Å². The van der Waals surface area contributed by atoms with Crippen LogP contribution in [0, 0.1) is 22.7 Å². The SMILES string of the molecule is CC(=O)O[C@H]1O[C@@H]2C[C@H](O)[C@@]3(C)C(=O)[C@H](O)C4=C(C)[C@@H](O)C[C@@](O)([C@@H](OC(=O)c5ccccc5)[C@@H]3[C@H]12)C4(C)C. The topological polar surface area (TPSA) is 160 Å². The van der Waals surface area contributed by atoms with Crippen molar-refractivity contribution in [1.82, 2.24) is 0 Å². The zero-order valence-corrected chi connectivity index (χ0v) is 22.7. The Balaban J connectivity index is 1.76. The van der Waals surface area contributed by atoms with Gasteiger partial charge in [-0.3, -0.25) is 9.59 Å². The minimum Gasteiger partial charge on any atom is -0.455 e. The first kappa shape index (κ1) is 27.9. The van der Waals surface area contributed by atoms with Gasteiger partial charge in [0.2, 0.25) is 6.29 Å². The third-order valence-corrected chi connectivity index (χ3v) is 9.87. The van der Waals surface area contributed by atoms with E-state index in [1.54, 1.807) is 51.1 Å². The van der Waals surface area contributed by atoms with Gasteiger partial charge < -0.3 is 34.6 Å². The number of ether oxygens (including phenoxy) is 3. The Morgan fingerprint density at radius 3 is 2.31 bits per heavy atom. The van der Waals surface area contributed by atoms with Gasteiger partial charge in [0.1, 0.15) is 17.8 Å². The van der Waals surface area contributed by atoms with Gasteiger partial charge in [-0.25, -0.2) is 4.79 Å². The molecule has 0 radical (unpaired) electrons. The zero-order valence-electron chi connectivity index (χ0n) is 22.7. The molecule has 0 amide bonds. The smallest absolute Gasteiger partial charge is 0.338 e. The van der Waals surface area contributed by atoms with Gasteiger partial charge in [-0.2, -0.15) is 0 Å². The molecule has 3 fully saturated rings. The van der Waals surface area contributed by atoms with Crippen LogP contribution in [0.5, 0.6) is 0 Å². The minimum absolute atomic E-state index is 0.00964. The Labute approximate surface area is 226 Å². The molecule has 1 saturated heterocycles. The molecule has 0 unspecified atom stereocenters. The lowest BCUT2D eigenvalue weighted by Crippen LogP contribution is -2.76. The summed E-state index contributed by atoms with van der Waals surface area (Å²) >= 11 is 0. The molecule has 1 aromatic rings. The molecule has 4 aliphatic rings. The first-order chi connectivity index (χ1) is 18.2. The number of rotatable bonds is 3. The van der Waals surface area contributed by atoms with E-state index in [4.69, 9.17) is 14.2 Å². The van der Waals surface area contributed by atoms with Gasteiger partial charge in [0, 0.05) is 31.1 Å². The summed E-state index contributed by atoms with van der Waals surface area (Å²) in [5, 5.41) is 46.6. The average Bonchev–Trinajstić information content (AvgIpc) is 2.86. The van der Waals surface area contributed by atoms with Crippen LogP contribution in [0.15, 0.2) is 41.5 Å². The molecule has 3 aliphatic carbocycles. The zero-order chi connectivity index (χ0) is 28.7. The standard InChI is InChI=1S/C29H36O10/c1-13-16(31)12-29(36)24(39-25(35)15-9-7-6-8-10-15)21-19-17(38-26(19)37-14(2)30)11-18(32)28(21,5)23(34)22(33)20(13)27(29,3)4/h6-10,16-19,21-22,24,26,31-33,36H,11-12H2,1-5H3/t16-,17+,18-,19+,21-,22+,24-,26-,28+,29+/m0/s1. The Kier molecular flexibility index (Phi) is 6.59. The van der Waals surface area contributed by atoms with Crippen LogP contribution in [0.3, 0.4) is 0 Å². The highest BCUT2D eigenvalue weighted by Crippen LogP contribution is 2.63. The van der Waals surface area contributed by atoms with Crippen LogP contribution in [-0.2, 0) is 23.8 Å². The molecular formula is C29H36O10. The largest absolute Gasteiger partial charge is 0.455 e. The molecule has 10 atom stereocenters. The second-order valence-corrected chi connectivity index (χ2v) is 12.1. The maximum absolute atomic E-state index is 14.2. The minimum atomic E-state index is -2.00. The summed E-state index contributed by atoms with van der Waals surface area (Å²) in [5.41, 5.74) is -4.42. The lowest BCUT2D eigenvalue weighted by Gasteiger charge is -2.65. The number of aliphatic hydroxyl groups is 4. The van der Waals surface area contributed by atoms with E-state index >= 15 is 0 Å². The molecular weight excluding hydrogens is 508 g/mol. The van der Waals surface area contributed by atoms with Gasteiger partial charge in [-0.1, -0.05) is 32.0 Å². The highest BCUT2D eigenvalue weighted by molar-refractivity contribution is 5.93. The number of benzene rings is 1. The molecule has 1 aliphatic heterocycles. The van der Waals surface area contributed by atoms with E-state index in [1.165, 1.54) is 13.8 Å². The fraction of sp³-hybridized carbons (Fsp3) is 0.621. The summed E-state index contributed by atoms with van der Waals surface area (Å²) in [6.45, 7) is 7.56. The van der Waals surface area contributed by atoms with Crippen molar-refractivity contribution in [2.75, 3.05) is 0 Å². The predicted octanol–water partition coefficient (Wildman–Crippen LogP) is 1.29. The van der Waals surface area contributed by atoms with Gasteiger partial charge in [-0.15, -0.1) is 0 Å². The Bertz CT molecular complexity index is 1220. The number of hydrogen-bond acceptors (Lipinski definition) is 10. The lowest BCUT2D eigenvalue weighted by molar-refractivity contribution is -0.352. The fourth-order valence-corrected chi connectivity index (χ4v) is 7.54.